The van der Waals surface area contributed by atoms with E-state index in [-0.39, 0.29) is 17.1 Å². The predicted molar refractivity (Wildman–Crippen MR) is 69.6 cm³/mol. The molecule has 0 saturated carbocycles. The van der Waals surface area contributed by atoms with Gasteiger partial charge in [0.15, 0.2) is 11.5 Å². The van der Waals surface area contributed by atoms with E-state index in [4.69, 9.17) is 16.3 Å². The molecule has 0 fully saturated rings. The Kier molecular flexibility index (Phi) is 4.22. The molecule has 0 aliphatic heterocycles. The number of nitrogens with zero attached hydrogens (tertiary/aromatic N) is 2. The van der Waals surface area contributed by atoms with E-state index in [0.717, 1.165) is 16.9 Å². The zero-order valence-corrected chi connectivity index (χ0v) is 11.6. The van der Waals surface area contributed by atoms with Crippen LogP contribution in [0.1, 0.15) is 16.1 Å². The highest BCUT2D eigenvalue weighted by atomic mass is 35.5. The van der Waals surface area contributed by atoms with E-state index in [1.54, 1.807) is 0 Å². The average molecular weight is 319 g/mol. The number of rotatable bonds is 4. The molecule has 0 aliphatic carbocycles. The highest BCUT2D eigenvalue weighted by Crippen LogP contribution is 2.27. The van der Waals surface area contributed by atoms with Gasteiger partial charge >= 0.3 is 6.18 Å². The fraction of sp³-hybridized carbons (Fsp3) is 0.231. The van der Waals surface area contributed by atoms with E-state index >= 15 is 0 Å². The van der Waals surface area contributed by atoms with Gasteiger partial charge in [-0.3, -0.25) is 9.48 Å². The number of ether oxygens (including phenoxy) is 1. The van der Waals surface area contributed by atoms with Gasteiger partial charge < -0.3 is 4.74 Å². The topological polar surface area (TPSA) is 44.1 Å². The van der Waals surface area contributed by atoms with Crippen LogP contribution in [0.5, 0.6) is 5.75 Å². The Hall–Kier alpha value is -2.02. The summed E-state index contributed by atoms with van der Waals surface area (Å²) in [6.07, 6.45) is -3.43. The SMILES string of the molecule is COc1ccc(C(=O)Cn2ccc(C(F)(F)F)n2)cc1Cl. The van der Waals surface area contributed by atoms with Crippen LogP contribution in [0.3, 0.4) is 0 Å². The van der Waals surface area contributed by atoms with Crippen LogP contribution in [0.2, 0.25) is 5.02 Å². The van der Waals surface area contributed by atoms with Gasteiger partial charge in [-0.15, -0.1) is 0 Å². The fourth-order valence-electron chi connectivity index (χ4n) is 1.68. The Morgan fingerprint density at radius 1 is 1.38 bits per heavy atom. The number of hydrogen-bond acceptors (Lipinski definition) is 3. The molecule has 1 heterocycles. The van der Waals surface area contributed by atoms with Crippen LogP contribution in [0.4, 0.5) is 13.2 Å². The van der Waals surface area contributed by atoms with Crippen molar-refractivity contribution in [3.8, 4) is 5.75 Å². The molecule has 0 atom stereocenters. The molecule has 0 radical (unpaired) electrons. The summed E-state index contributed by atoms with van der Waals surface area (Å²) in [7, 11) is 1.44. The van der Waals surface area contributed by atoms with Gasteiger partial charge in [-0.1, -0.05) is 11.6 Å². The van der Waals surface area contributed by atoms with E-state index in [0.29, 0.717) is 5.75 Å². The average Bonchev–Trinajstić information content (AvgIpc) is 2.87. The van der Waals surface area contributed by atoms with Gasteiger partial charge in [0.05, 0.1) is 12.1 Å². The summed E-state index contributed by atoms with van der Waals surface area (Å²) in [5, 5.41) is 3.57. The molecule has 0 amide bonds. The number of halogens is 4. The van der Waals surface area contributed by atoms with E-state index in [2.05, 4.69) is 5.10 Å². The molecule has 0 spiro atoms. The summed E-state index contributed by atoms with van der Waals surface area (Å²) in [4.78, 5) is 12.0. The van der Waals surface area contributed by atoms with Crippen molar-refractivity contribution in [3.05, 3.63) is 46.7 Å². The number of benzene rings is 1. The van der Waals surface area contributed by atoms with Crippen LogP contribution < -0.4 is 4.74 Å². The Bertz CT molecular complexity index is 668. The Morgan fingerprint density at radius 3 is 2.62 bits per heavy atom. The second kappa shape index (κ2) is 5.77. The lowest BCUT2D eigenvalue weighted by atomic mass is 10.1. The molecule has 0 N–H and O–H groups in total. The minimum absolute atomic E-state index is 0.250. The Labute approximate surface area is 123 Å². The minimum Gasteiger partial charge on any atom is -0.495 e. The lowest BCUT2D eigenvalue weighted by Crippen LogP contribution is -2.13. The van der Waals surface area contributed by atoms with Crippen molar-refractivity contribution in [3.63, 3.8) is 0 Å². The molecular weight excluding hydrogens is 309 g/mol. The first kappa shape index (κ1) is 15.4. The van der Waals surface area contributed by atoms with Crippen molar-refractivity contribution in [1.29, 1.82) is 0 Å². The van der Waals surface area contributed by atoms with Crippen LogP contribution in [0, 0.1) is 0 Å². The largest absolute Gasteiger partial charge is 0.495 e. The van der Waals surface area contributed by atoms with Gasteiger partial charge in [-0.05, 0) is 24.3 Å². The van der Waals surface area contributed by atoms with Crippen molar-refractivity contribution in [2.45, 2.75) is 12.7 Å². The first-order valence-electron chi connectivity index (χ1n) is 5.78. The summed E-state index contributed by atoms with van der Waals surface area (Å²) in [6.45, 7) is -0.307. The fourth-order valence-corrected chi connectivity index (χ4v) is 1.94. The highest BCUT2D eigenvalue weighted by Gasteiger charge is 2.33. The summed E-state index contributed by atoms with van der Waals surface area (Å²) >= 11 is 5.89. The van der Waals surface area contributed by atoms with Gasteiger partial charge in [-0.25, -0.2) is 0 Å². The second-order valence-corrected chi connectivity index (χ2v) is 4.58. The van der Waals surface area contributed by atoms with Gasteiger partial charge in [0, 0.05) is 11.8 Å². The monoisotopic (exact) mass is 318 g/mol. The summed E-state index contributed by atoms with van der Waals surface area (Å²) in [5.74, 6) is 0.00282. The number of hydrogen-bond donors (Lipinski definition) is 0. The molecular formula is C13H10ClF3N2O2. The number of aromatic nitrogens is 2. The van der Waals surface area contributed by atoms with Crippen LogP contribution in [0.15, 0.2) is 30.5 Å². The molecule has 0 aliphatic rings. The third-order valence-electron chi connectivity index (χ3n) is 2.71. The van der Waals surface area contributed by atoms with E-state index in [1.807, 2.05) is 0 Å². The quantitative estimate of drug-likeness (QED) is 0.811. The standard InChI is InChI=1S/C13H10ClF3N2O2/c1-21-11-3-2-8(6-9(11)14)10(20)7-19-5-4-12(18-19)13(15,16)17/h2-6H,7H2,1H3. The molecule has 0 unspecified atom stereocenters. The normalized spacial score (nSPS) is 11.5. The van der Waals surface area contributed by atoms with Crippen LogP contribution >= 0.6 is 11.6 Å². The molecule has 21 heavy (non-hydrogen) atoms. The van der Waals surface area contributed by atoms with Gasteiger partial charge in [0.2, 0.25) is 0 Å². The van der Waals surface area contributed by atoms with Crippen molar-refractivity contribution < 1.29 is 22.7 Å². The third-order valence-corrected chi connectivity index (χ3v) is 3.01. The lowest BCUT2D eigenvalue weighted by molar-refractivity contribution is -0.141. The van der Waals surface area contributed by atoms with Crippen molar-refractivity contribution >= 4 is 17.4 Å². The number of methoxy groups -OCH3 is 1. The first-order valence-corrected chi connectivity index (χ1v) is 6.16. The predicted octanol–water partition coefficient (Wildman–Crippen LogP) is 3.45. The molecule has 8 heteroatoms. The van der Waals surface area contributed by atoms with Crippen LogP contribution in [0.25, 0.3) is 0 Å². The summed E-state index contributed by atoms with van der Waals surface area (Å²) in [6, 6.07) is 5.21. The number of carbonyl (C=O) groups is 1. The molecule has 1 aromatic carbocycles. The molecule has 4 nitrogen and oxygen atoms in total. The van der Waals surface area contributed by atoms with E-state index in [9.17, 15) is 18.0 Å². The maximum Gasteiger partial charge on any atom is 0.435 e. The van der Waals surface area contributed by atoms with Gasteiger partial charge in [-0.2, -0.15) is 18.3 Å². The number of ketones is 1. The Morgan fingerprint density at radius 2 is 2.10 bits per heavy atom. The Balaban J connectivity index is 2.14. The lowest BCUT2D eigenvalue weighted by Gasteiger charge is -2.06. The second-order valence-electron chi connectivity index (χ2n) is 4.17. The van der Waals surface area contributed by atoms with Crippen molar-refractivity contribution in [1.82, 2.24) is 9.78 Å². The smallest absolute Gasteiger partial charge is 0.435 e. The minimum atomic E-state index is -4.53. The maximum absolute atomic E-state index is 12.4. The van der Waals surface area contributed by atoms with Crippen molar-refractivity contribution in [2.75, 3.05) is 7.11 Å². The number of Topliss-reactive ketones (excluding diaryl/α,β-unsaturated/α-hetero) is 1. The zero-order chi connectivity index (χ0) is 15.6. The molecule has 0 bridgehead atoms. The van der Waals surface area contributed by atoms with Crippen molar-refractivity contribution in [2.24, 2.45) is 0 Å². The molecule has 2 aromatic rings. The molecule has 1 aromatic heterocycles. The van der Waals surface area contributed by atoms with Crippen LogP contribution in [-0.4, -0.2) is 22.7 Å². The zero-order valence-electron chi connectivity index (χ0n) is 10.8. The first-order chi connectivity index (χ1) is 9.81. The van der Waals surface area contributed by atoms with Crippen LogP contribution in [-0.2, 0) is 12.7 Å². The summed E-state index contributed by atoms with van der Waals surface area (Å²) < 4.78 is 43.1. The van der Waals surface area contributed by atoms with Gasteiger partial charge in [0.1, 0.15) is 12.3 Å². The molecule has 2 rings (SSSR count). The molecule has 112 valence electrons. The van der Waals surface area contributed by atoms with E-state index < -0.39 is 17.7 Å². The maximum atomic E-state index is 12.4. The molecule has 0 saturated heterocycles. The van der Waals surface area contributed by atoms with E-state index in [1.165, 1.54) is 25.3 Å². The third kappa shape index (κ3) is 3.55. The highest BCUT2D eigenvalue weighted by molar-refractivity contribution is 6.32. The van der Waals surface area contributed by atoms with Gasteiger partial charge in [0.25, 0.3) is 0 Å². The number of alkyl halides is 3. The number of carbonyl (C=O) groups excluding carboxylic acids is 1. The summed E-state index contributed by atoms with van der Waals surface area (Å²) in [5.41, 5.74) is -0.770.